The fraction of sp³-hybridized carbons (Fsp3) is 0.619. The van der Waals surface area contributed by atoms with E-state index in [2.05, 4.69) is 11.9 Å². The lowest BCUT2D eigenvalue weighted by Crippen LogP contribution is -2.03. The van der Waals surface area contributed by atoms with Crippen LogP contribution in [-0.4, -0.2) is 22.2 Å². The van der Waals surface area contributed by atoms with E-state index in [1.54, 1.807) is 7.11 Å². The Hall–Kier alpha value is -1.84. The number of ether oxygens (including phenoxy) is 1. The summed E-state index contributed by atoms with van der Waals surface area (Å²) in [7, 11) is 1.63. The van der Waals surface area contributed by atoms with Gasteiger partial charge in [-0.3, -0.25) is 0 Å². The van der Waals surface area contributed by atoms with Crippen LogP contribution in [0.5, 0.6) is 11.6 Å². The molecule has 2 fully saturated rings. The second-order valence-corrected chi connectivity index (χ2v) is 7.99. The molecule has 0 amide bonds. The first kappa shape index (κ1) is 16.6. The van der Waals surface area contributed by atoms with Gasteiger partial charge in [0.15, 0.2) is 0 Å². The summed E-state index contributed by atoms with van der Waals surface area (Å²) in [6, 6.07) is 5.63. The quantitative estimate of drug-likeness (QED) is 0.799. The molecule has 4 heteroatoms. The van der Waals surface area contributed by atoms with E-state index in [4.69, 9.17) is 9.72 Å². The van der Waals surface area contributed by atoms with Gasteiger partial charge in [-0.1, -0.05) is 39.0 Å². The lowest BCUT2D eigenvalue weighted by Gasteiger charge is -2.14. The van der Waals surface area contributed by atoms with E-state index in [-0.39, 0.29) is 5.88 Å². The Labute approximate surface area is 149 Å². The van der Waals surface area contributed by atoms with Crippen molar-refractivity contribution < 1.29 is 9.84 Å². The smallest absolute Gasteiger partial charge is 0.234 e. The second kappa shape index (κ2) is 6.81. The predicted octanol–water partition coefficient (Wildman–Crippen LogP) is 5.05. The number of hydrogen-bond donors (Lipinski definition) is 1. The van der Waals surface area contributed by atoms with E-state index in [0.29, 0.717) is 17.4 Å². The third-order valence-electron chi connectivity index (χ3n) is 6.34. The van der Waals surface area contributed by atoms with E-state index in [0.717, 1.165) is 35.2 Å². The van der Waals surface area contributed by atoms with Crippen LogP contribution in [0.4, 0.5) is 0 Å². The molecule has 1 aromatic carbocycles. The third-order valence-corrected chi connectivity index (χ3v) is 6.34. The van der Waals surface area contributed by atoms with Crippen LogP contribution in [0.3, 0.4) is 0 Å². The first-order chi connectivity index (χ1) is 12.2. The summed E-state index contributed by atoms with van der Waals surface area (Å²) in [6.45, 7) is 2.41. The number of aromatic nitrogens is 2. The van der Waals surface area contributed by atoms with Crippen LogP contribution < -0.4 is 4.74 Å². The fourth-order valence-electron chi connectivity index (χ4n) is 4.61. The Morgan fingerprint density at radius 2 is 1.96 bits per heavy atom. The van der Waals surface area contributed by atoms with Gasteiger partial charge in [0.25, 0.3) is 0 Å². The van der Waals surface area contributed by atoms with Gasteiger partial charge in [-0.2, -0.15) is 0 Å². The second-order valence-electron chi connectivity index (χ2n) is 7.99. The fourth-order valence-corrected chi connectivity index (χ4v) is 4.61. The Morgan fingerprint density at radius 1 is 1.12 bits per heavy atom. The standard InChI is InChI=1S/C21H28N2O2/c1-13-5-3-6-14(13)7-4-8-15-11-17(15)20-21(24)23-19-12-16(25-2)9-10-18(19)22-20/h9-10,12-15,17H,3-8,11H2,1-2H3,(H,23,24)/t13?,14-,15?,17?/m0/s1. The lowest BCUT2D eigenvalue weighted by molar-refractivity contribution is 0.372. The molecule has 0 spiro atoms. The number of methoxy groups -OCH3 is 1. The Morgan fingerprint density at radius 3 is 2.72 bits per heavy atom. The number of hydrogen-bond acceptors (Lipinski definition) is 4. The van der Waals surface area contributed by atoms with E-state index in [9.17, 15) is 5.11 Å². The summed E-state index contributed by atoms with van der Waals surface area (Å²) < 4.78 is 5.21. The Kier molecular flexibility index (Phi) is 4.53. The van der Waals surface area contributed by atoms with Gasteiger partial charge in [0.05, 0.1) is 18.1 Å². The Balaban J connectivity index is 1.38. The number of benzene rings is 1. The van der Waals surface area contributed by atoms with Gasteiger partial charge in [-0.25, -0.2) is 9.97 Å². The highest BCUT2D eigenvalue weighted by Gasteiger charge is 2.41. The third kappa shape index (κ3) is 3.44. The molecule has 2 aromatic rings. The molecule has 1 N–H and O–H groups in total. The summed E-state index contributed by atoms with van der Waals surface area (Å²) in [4.78, 5) is 9.04. The van der Waals surface area contributed by atoms with E-state index in [1.807, 2.05) is 18.2 Å². The van der Waals surface area contributed by atoms with Crippen LogP contribution in [-0.2, 0) is 0 Å². The van der Waals surface area contributed by atoms with Gasteiger partial charge in [-0.15, -0.1) is 0 Å². The van der Waals surface area contributed by atoms with Crippen molar-refractivity contribution in [2.45, 2.75) is 57.8 Å². The first-order valence-corrected chi connectivity index (χ1v) is 9.70. The molecule has 3 unspecified atom stereocenters. The highest BCUT2D eigenvalue weighted by molar-refractivity contribution is 5.76. The molecule has 0 aliphatic heterocycles. The van der Waals surface area contributed by atoms with Crippen molar-refractivity contribution in [2.24, 2.45) is 17.8 Å². The van der Waals surface area contributed by atoms with Crippen molar-refractivity contribution in [3.05, 3.63) is 23.9 Å². The van der Waals surface area contributed by atoms with Crippen LogP contribution in [0.2, 0.25) is 0 Å². The number of rotatable bonds is 6. The van der Waals surface area contributed by atoms with Gasteiger partial charge >= 0.3 is 0 Å². The van der Waals surface area contributed by atoms with Crippen molar-refractivity contribution in [3.8, 4) is 11.6 Å². The average Bonchev–Trinajstić information content (AvgIpc) is 3.26. The molecule has 1 aromatic heterocycles. The van der Waals surface area contributed by atoms with Crippen molar-refractivity contribution in [1.82, 2.24) is 9.97 Å². The van der Waals surface area contributed by atoms with Crippen molar-refractivity contribution >= 4 is 11.0 Å². The van der Waals surface area contributed by atoms with Gasteiger partial charge in [0.1, 0.15) is 11.4 Å². The minimum atomic E-state index is 0.0951. The molecule has 134 valence electrons. The monoisotopic (exact) mass is 340 g/mol. The van der Waals surface area contributed by atoms with Gasteiger partial charge in [0.2, 0.25) is 5.88 Å². The molecule has 4 nitrogen and oxygen atoms in total. The molecule has 1 heterocycles. The van der Waals surface area contributed by atoms with Crippen LogP contribution >= 0.6 is 0 Å². The summed E-state index contributed by atoms with van der Waals surface area (Å²) in [5.74, 6) is 3.76. The number of nitrogens with zero attached hydrogens (tertiary/aromatic N) is 2. The highest BCUT2D eigenvalue weighted by atomic mass is 16.5. The topological polar surface area (TPSA) is 55.2 Å². The summed E-state index contributed by atoms with van der Waals surface area (Å²) in [5, 5.41) is 10.3. The van der Waals surface area contributed by atoms with Gasteiger partial charge in [-0.05, 0) is 42.7 Å². The van der Waals surface area contributed by atoms with Gasteiger partial charge < -0.3 is 9.84 Å². The predicted molar refractivity (Wildman–Crippen MR) is 99.0 cm³/mol. The molecule has 4 atom stereocenters. The molecule has 4 rings (SSSR count). The van der Waals surface area contributed by atoms with Crippen LogP contribution in [0.25, 0.3) is 11.0 Å². The largest absolute Gasteiger partial charge is 0.497 e. The highest BCUT2D eigenvalue weighted by Crippen LogP contribution is 2.52. The normalized spacial score (nSPS) is 28.4. The van der Waals surface area contributed by atoms with E-state index in [1.165, 1.54) is 38.5 Å². The zero-order chi connectivity index (χ0) is 17.4. The van der Waals surface area contributed by atoms with E-state index >= 15 is 0 Å². The molecular weight excluding hydrogens is 312 g/mol. The van der Waals surface area contributed by atoms with Gasteiger partial charge in [0, 0.05) is 12.0 Å². The van der Waals surface area contributed by atoms with Crippen molar-refractivity contribution in [1.29, 1.82) is 0 Å². The number of aromatic hydroxyl groups is 1. The summed E-state index contributed by atoms with van der Waals surface area (Å²) in [6.07, 6.45) is 9.36. The molecular formula is C21H28N2O2. The number of fused-ring (bicyclic) bond motifs is 1. The average molecular weight is 340 g/mol. The van der Waals surface area contributed by atoms with E-state index < -0.39 is 0 Å². The lowest BCUT2D eigenvalue weighted by atomic mass is 9.92. The molecule has 2 aliphatic rings. The zero-order valence-corrected chi connectivity index (χ0v) is 15.2. The zero-order valence-electron chi connectivity index (χ0n) is 15.2. The first-order valence-electron chi connectivity index (χ1n) is 9.70. The summed E-state index contributed by atoms with van der Waals surface area (Å²) in [5.41, 5.74) is 2.31. The Bertz CT molecular complexity index is 761. The van der Waals surface area contributed by atoms with Crippen LogP contribution in [0.1, 0.15) is 63.5 Å². The van der Waals surface area contributed by atoms with Crippen LogP contribution in [0, 0.1) is 17.8 Å². The summed E-state index contributed by atoms with van der Waals surface area (Å²) >= 11 is 0. The SMILES string of the molecule is COc1ccc2nc(C3CC3CCC[C@@H]3CCCC3C)c(O)nc2c1. The molecule has 2 aliphatic carbocycles. The molecule has 0 bridgehead atoms. The van der Waals surface area contributed by atoms with Crippen molar-refractivity contribution in [2.75, 3.05) is 7.11 Å². The van der Waals surface area contributed by atoms with Crippen LogP contribution in [0.15, 0.2) is 18.2 Å². The maximum Gasteiger partial charge on any atom is 0.234 e. The molecule has 2 saturated carbocycles. The maximum atomic E-state index is 10.3. The maximum absolute atomic E-state index is 10.3. The van der Waals surface area contributed by atoms with Crippen molar-refractivity contribution in [3.63, 3.8) is 0 Å². The molecule has 0 saturated heterocycles. The molecule has 0 radical (unpaired) electrons. The minimum absolute atomic E-state index is 0.0951. The molecule has 25 heavy (non-hydrogen) atoms. The minimum Gasteiger partial charge on any atom is -0.497 e.